The highest BCUT2D eigenvalue weighted by atomic mass is 15.2. The molecular weight excluding hydrogens is 176 g/mol. The smallest absolute Gasteiger partial charge is 0.0553 e. The lowest BCUT2D eigenvalue weighted by Gasteiger charge is -2.29. The molecule has 0 saturated carbocycles. The minimum absolute atomic E-state index is 0.516. The van der Waals surface area contributed by atoms with Gasteiger partial charge in [0, 0.05) is 32.7 Å². The van der Waals surface area contributed by atoms with Gasteiger partial charge in [-0.1, -0.05) is 0 Å². The number of hydrogen-bond donors (Lipinski definition) is 2. The Morgan fingerprint density at radius 2 is 2.14 bits per heavy atom. The summed E-state index contributed by atoms with van der Waals surface area (Å²) >= 11 is 0. The molecule has 0 bridgehead atoms. The van der Waals surface area contributed by atoms with E-state index in [0.717, 1.165) is 31.9 Å². The molecule has 4 nitrogen and oxygen atoms in total. The maximum absolute atomic E-state index is 5.49. The number of hydrogen-bond acceptors (Lipinski definition) is 4. The molecule has 1 aliphatic rings. The fourth-order valence-electron chi connectivity index (χ4n) is 1.65. The van der Waals surface area contributed by atoms with Crippen LogP contribution in [-0.2, 0) is 6.54 Å². The van der Waals surface area contributed by atoms with Gasteiger partial charge in [0.05, 0.1) is 17.6 Å². The van der Waals surface area contributed by atoms with E-state index in [1.165, 1.54) is 5.69 Å². The normalized spacial score (nSPS) is 17.1. The van der Waals surface area contributed by atoms with Gasteiger partial charge in [-0.25, -0.2) is 0 Å². The van der Waals surface area contributed by atoms with Gasteiger partial charge in [-0.2, -0.15) is 0 Å². The predicted octanol–water partition coefficient (Wildman–Crippen LogP) is -0.0501. The topological polar surface area (TPSA) is 54.2 Å². The van der Waals surface area contributed by atoms with Crippen molar-refractivity contribution in [3.63, 3.8) is 0 Å². The first kappa shape index (κ1) is 9.43. The summed E-state index contributed by atoms with van der Waals surface area (Å²) in [6, 6.07) is 4.10. The summed E-state index contributed by atoms with van der Waals surface area (Å²) in [6.07, 6.45) is 1.91. The van der Waals surface area contributed by atoms with Gasteiger partial charge in [0.2, 0.25) is 0 Å². The number of nitrogens with one attached hydrogen (secondary N) is 1. The molecule has 14 heavy (non-hydrogen) atoms. The summed E-state index contributed by atoms with van der Waals surface area (Å²) in [7, 11) is 0. The van der Waals surface area contributed by atoms with E-state index in [1.54, 1.807) is 0 Å². The number of pyridine rings is 1. The second kappa shape index (κ2) is 4.39. The summed E-state index contributed by atoms with van der Waals surface area (Å²) in [6.45, 7) is 4.74. The molecule has 0 aromatic carbocycles. The van der Waals surface area contributed by atoms with Crippen LogP contribution >= 0.6 is 0 Å². The Morgan fingerprint density at radius 1 is 1.36 bits per heavy atom. The Bertz CT molecular complexity index is 277. The molecule has 0 radical (unpaired) electrons. The van der Waals surface area contributed by atoms with Crippen molar-refractivity contribution in [1.29, 1.82) is 0 Å². The van der Waals surface area contributed by atoms with Crippen molar-refractivity contribution in [3.8, 4) is 0 Å². The molecule has 2 heterocycles. The Balaban J connectivity index is 2.07. The number of piperazine rings is 1. The first-order valence-electron chi connectivity index (χ1n) is 5.01. The summed E-state index contributed by atoms with van der Waals surface area (Å²) in [5.41, 5.74) is 7.64. The molecule has 1 saturated heterocycles. The average Bonchev–Trinajstić information content (AvgIpc) is 2.30. The number of nitrogens with two attached hydrogens (primary N) is 1. The molecule has 1 fully saturated rings. The summed E-state index contributed by atoms with van der Waals surface area (Å²) in [5.74, 6) is 0. The van der Waals surface area contributed by atoms with Crippen LogP contribution in [0, 0.1) is 0 Å². The van der Waals surface area contributed by atoms with Gasteiger partial charge in [0.15, 0.2) is 0 Å². The Morgan fingerprint density at radius 3 is 2.71 bits per heavy atom. The number of anilines is 1. The lowest BCUT2D eigenvalue weighted by Crippen LogP contribution is -2.43. The van der Waals surface area contributed by atoms with Gasteiger partial charge in [0.25, 0.3) is 0 Å². The standard InChI is InChI=1S/C10H16N4/c11-7-9-1-2-10(8-13-9)14-5-3-12-4-6-14/h1-2,8,12H,3-7,11H2. The fraction of sp³-hybridized carbons (Fsp3) is 0.500. The molecule has 0 amide bonds. The van der Waals surface area contributed by atoms with E-state index in [0.29, 0.717) is 6.54 Å². The van der Waals surface area contributed by atoms with E-state index in [-0.39, 0.29) is 0 Å². The first-order valence-corrected chi connectivity index (χ1v) is 5.01. The van der Waals surface area contributed by atoms with Crippen LogP contribution in [0.3, 0.4) is 0 Å². The molecule has 0 spiro atoms. The maximum atomic E-state index is 5.49. The Labute approximate surface area is 84.1 Å². The largest absolute Gasteiger partial charge is 0.368 e. The lowest BCUT2D eigenvalue weighted by atomic mass is 10.3. The molecule has 3 N–H and O–H groups in total. The van der Waals surface area contributed by atoms with Gasteiger partial charge >= 0.3 is 0 Å². The van der Waals surface area contributed by atoms with Crippen LogP contribution in [-0.4, -0.2) is 31.2 Å². The second-order valence-corrected chi connectivity index (χ2v) is 3.45. The molecule has 2 rings (SSSR count). The van der Waals surface area contributed by atoms with Crippen LogP contribution in [0.15, 0.2) is 18.3 Å². The Hall–Kier alpha value is -1.13. The molecule has 4 heteroatoms. The van der Waals surface area contributed by atoms with Crippen LogP contribution in [0.4, 0.5) is 5.69 Å². The van der Waals surface area contributed by atoms with E-state index in [4.69, 9.17) is 5.73 Å². The van der Waals surface area contributed by atoms with Gasteiger partial charge in [0.1, 0.15) is 0 Å². The van der Waals surface area contributed by atoms with E-state index >= 15 is 0 Å². The third-order valence-corrected chi connectivity index (χ3v) is 2.50. The lowest BCUT2D eigenvalue weighted by molar-refractivity contribution is 0.588. The average molecular weight is 192 g/mol. The third kappa shape index (κ3) is 2.02. The summed E-state index contributed by atoms with van der Waals surface area (Å²) < 4.78 is 0. The molecular formula is C10H16N4. The van der Waals surface area contributed by atoms with Gasteiger partial charge in [-0.15, -0.1) is 0 Å². The van der Waals surface area contributed by atoms with Crippen molar-refractivity contribution in [1.82, 2.24) is 10.3 Å². The van der Waals surface area contributed by atoms with Crippen LogP contribution in [0.25, 0.3) is 0 Å². The SMILES string of the molecule is NCc1ccc(N2CCNCC2)cn1. The van der Waals surface area contributed by atoms with Crippen molar-refractivity contribution < 1.29 is 0 Å². The van der Waals surface area contributed by atoms with Crippen LogP contribution in [0.1, 0.15) is 5.69 Å². The second-order valence-electron chi connectivity index (χ2n) is 3.45. The zero-order valence-electron chi connectivity index (χ0n) is 8.24. The van der Waals surface area contributed by atoms with E-state index in [9.17, 15) is 0 Å². The van der Waals surface area contributed by atoms with E-state index < -0.39 is 0 Å². The summed E-state index contributed by atoms with van der Waals surface area (Å²) in [4.78, 5) is 6.62. The molecule has 1 aromatic heterocycles. The zero-order valence-corrected chi connectivity index (χ0v) is 8.24. The van der Waals surface area contributed by atoms with Crippen molar-refractivity contribution in [2.75, 3.05) is 31.1 Å². The van der Waals surface area contributed by atoms with Crippen LogP contribution < -0.4 is 16.0 Å². The fourth-order valence-corrected chi connectivity index (χ4v) is 1.65. The van der Waals surface area contributed by atoms with Crippen molar-refractivity contribution in [2.24, 2.45) is 5.73 Å². The van der Waals surface area contributed by atoms with Gasteiger partial charge < -0.3 is 16.0 Å². The van der Waals surface area contributed by atoms with Gasteiger partial charge in [-0.3, -0.25) is 4.98 Å². The first-order chi connectivity index (χ1) is 6.90. The summed E-state index contributed by atoms with van der Waals surface area (Å²) in [5, 5.41) is 3.32. The maximum Gasteiger partial charge on any atom is 0.0553 e. The quantitative estimate of drug-likeness (QED) is 0.690. The molecule has 1 aromatic rings. The number of rotatable bonds is 2. The molecule has 0 unspecified atom stereocenters. The minimum atomic E-state index is 0.516. The molecule has 1 aliphatic heterocycles. The number of nitrogens with zero attached hydrogens (tertiary/aromatic N) is 2. The monoisotopic (exact) mass is 192 g/mol. The number of aromatic nitrogens is 1. The molecule has 0 atom stereocenters. The zero-order chi connectivity index (χ0) is 9.80. The highest BCUT2D eigenvalue weighted by Crippen LogP contribution is 2.13. The molecule has 76 valence electrons. The van der Waals surface area contributed by atoms with E-state index in [2.05, 4.69) is 21.3 Å². The highest BCUT2D eigenvalue weighted by molar-refractivity contribution is 5.45. The minimum Gasteiger partial charge on any atom is -0.368 e. The third-order valence-electron chi connectivity index (χ3n) is 2.50. The highest BCUT2D eigenvalue weighted by Gasteiger charge is 2.09. The van der Waals surface area contributed by atoms with Crippen molar-refractivity contribution >= 4 is 5.69 Å². The molecule has 0 aliphatic carbocycles. The predicted molar refractivity (Wildman–Crippen MR) is 57.2 cm³/mol. The van der Waals surface area contributed by atoms with Crippen LogP contribution in [0.5, 0.6) is 0 Å². The van der Waals surface area contributed by atoms with Gasteiger partial charge in [-0.05, 0) is 12.1 Å². The van der Waals surface area contributed by atoms with E-state index in [1.807, 2.05) is 12.3 Å². The van der Waals surface area contributed by atoms with Crippen molar-refractivity contribution in [3.05, 3.63) is 24.0 Å². The van der Waals surface area contributed by atoms with Crippen LogP contribution in [0.2, 0.25) is 0 Å². The van der Waals surface area contributed by atoms with Crippen molar-refractivity contribution in [2.45, 2.75) is 6.54 Å². The Kier molecular flexibility index (Phi) is 2.96.